The Hall–Kier alpha value is -2.04. The summed E-state index contributed by atoms with van der Waals surface area (Å²) >= 11 is 0. The number of piperidine rings is 1. The predicted molar refractivity (Wildman–Crippen MR) is 80.4 cm³/mol. The van der Waals surface area contributed by atoms with Crippen molar-refractivity contribution in [1.82, 2.24) is 4.98 Å². The van der Waals surface area contributed by atoms with Gasteiger partial charge >= 0.3 is 5.97 Å². The van der Waals surface area contributed by atoms with Crippen LogP contribution in [0.25, 0.3) is 11.0 Å². The van der Waals surface area contributed by atoms with Gasteiger partial charge in [0, 0.05) is 19.3 Å². The van der Waals surface area contributed by atoms with Gasteiger partial charge in [0.1, 0.15) is 11.4 Å². The Morgan fingerprint density at radius 1 is 1.48 bits per heavy atom. The van der Waals surface area contributed by atoms with Gasteiger partial charge in [-0.3, -0.25) is 4.79 Å². The first-order valence-electron chi connectivity index (χ1n) is 7.30. The lowest BCUT2D eigenvalue weighted by molar-refractivity contribution is -0.150. The molecule has 0 bridgehead atoms. The molecule has 0 saturated carbocycles. The van der Waals surface area contributed by atoms with Gasteiger partial charge in [-0.15, -0.1) is 0 Å². The van der Waals surface area contributed by atoms with Crippen molar-refractivity contribution in [3.63, 3.8) is 0 Å². The molecule has 0 aliphatic carbocycles. The highest BCUT2D eigenvalue weighted by Gasteiger charge is 2.39. The van der Waals surface area contributed by atoms with Gasteiger partial charge in [-0.05, 0) is 44.7 Å². The summed E-state index contributed by atoms with van der Waals surface area (Å²) in [5.74, 6) is 0.281. The minimum absolute atomic E-state index is 0.118. The van der Waals surface area contributed by atoms with Gasteiger partial charge in [-0.2, -0.15) is 0 Å². The molecule has 3 heterocycles. The zero-order valence-corrected chi connectivity index (χ0v) is 12.4. The van der Waals surface area contributed by atoms with Crippen LogP contribution in [0.2, 0.25) is 0 Å². The van der Waals surface area contributed by atoms with E-state index < -0.39 is 11.4 Å². The van der Waals surface area contributed by atoms with Crippen LogP contribution in [-0.4, -0.2) is 29.1 Å². The predicted octanol–water partition coefficient (Wildman–Crippen LogP) is 3.16. The topological polar surface area (TPSA) is 66.6 Å². The van der Waals surface area contributed by atoms with E-state index in [1.54, 1.807) is 12.5 Å². The Morgan fingerprint density at radius 2 is 2.29 bits per heavy atom. The molecule has 112 valence electrons. The van der Waals surface area contributed by atoms with E-state index in [1.165, 1.54) is 0 Å². The van der Waals surface area contributed by atoms with Crippen molar-refractivity contribution in [2.24, 2.45) is 11.3 Å². The molecule has 2 aromatic heterocycles. The fourth-order valence-electron chi connectivity index (χ4n) is 3.07. The monoisotopic (exact) mass is 288 g/mol. The van der Waals surface area contributed by atoms with Crippen LogP contribution in [0.5, 0.6) is 0 Å². The van der Waals surface area contributed by atoms with Gasteiger partial charge in [0.15, 0.2) is 0 Å². The number of fused-ring (bicyclic) bond motifs is 1. The first-order valence-corrected chi connectivity index (χ1v) is 7.30. The Bertz CT molecular complexity index is 662. The second-order valence-electron chi connectivity index (χ2n) is 6.28. The quantitative estimate of drug-likeness (QED) is 0.939. The molecular weight excluding hydrogens is 268 g/mol. The molecule has 3 rings (SSSR count). The summed E-state index contributed by atoms with van der Waals surface area (Å²) in [6.45, 7) is 5.25. The fourth-order valence-corrected chi connectivity index (χ4v) is 3.07. The molecule has 5 heteroatoms. The summed E-state index contributed by atoms with van der Waals surface area (Å²) in [4.78, 5) is 18.2. The van der Waals surface area contributed by atoms with Crippen LogP contribution in [0.4, 0.5) is 5.82 Å². The number of furan rings is 1. The number of carboxylic acid groups (broad SMARTS) is 1. The third kappa shape index (κ3) is 2.37. The van der Waals surface area contributed by atoms with E-state index >= 15 is 0 Å². The van der Waals surface area contributed by atoms with E-state index in [-0.39, 0.29) is 5.92 Å². The Morgan fingerprint density at radius 3 is 3.05 bits per heavy atom. The molecule has 0 radical (unpaired) electrons. The van der Waals surface area contributed by atoms with Gasteiger partial charge in [0.05, 0.1) is 17.1 Å². The summed E-state index contributed by atoms with van der Waals surface area (Å²) in [7, 11) is 0. The van der Waals surface area contributed by atoms with Crippen LogP contribution in [0.1, 0.15) is 26.7 Å². The number of rotatable bonds is 3. The molecule has 0 aromatic carbocycles. The highest BCUT2D eigenvalue weighted by atomic mass is 16.4. The van der Waals surface area contributed by atoms with Gasteiger partial charge in [0.2, 0.25) is 0 Å². The number of hydrogen-bond donors (Lipinski definition) is 1. The van der Waals surface area contributed by atoms with E-state index in [4.69, 9.17) is 4.42 Å². The number of carboxylic acids is 1. The molecule has 0 spiro atoms. The number of nitrogens with zero attached hydrogens (tertiary/aromatic N) is 2. The number of aromatic nitrogens is 1. The lowest BCUT2D eigenvalue weighted by Gasteiger charge is -2.39. The first kappa shape index (κ1) is 13.9. The average molecular weight is 288 g/mol. The van der Waals surface area contributed by atoms with Gasteiger partial charge in [0.25, 0.3) is 0 Å². The van der Waals surface area contributed by atoms with Gasteiger partial charge in [-0.1, -0.05) is 0 Å². The van der Waals surface area contributed by atoms with E-state index in [0.29, 0.717) is 0 Å². The summed E-state index contributed by atoms with van der Waals surface area (Å²) in [5.41, 5.74) is 0.0998. The molecule has 21 heavy (non-hydrogen) atoms. The van der Waals surface area contributed by atoms with Crippen LogP contribution < -0.4 is 4.90 Å². The zero-order chi connectivity index (χ0) is 15.0. The number of hydrogen-bond acceptors (Lipinski definition) is 4. The third-order valence-electron chi connectivity index (χ3n) is 4.65. The number of carbonyl (C=O) groups is 1. The molecule has 0 amide bonds. The average Bonchev–Trinajstić information content (AvgIpc) is 2.95. The molecule has 2 aromatic rings. The van der Waals surface area contributed by atoms with Crippen LogP contribution >= 0.6 is 0 Å². The zero-order valence-electron chi connectivity index (χ0n) is 12.4. The first-order chi connectivity index (χ1) is 10.00. The Kier molecular flexibility index (Phi) is 3.35. The van der Waals surface area contributed by atoms with Crippen LogP contribution in [0.3, 0.4) is 0 Å². The molecular formula is C16H20N2O3. The smallest absolute Gasteiger partial charge is 0.309 e. The minimum atomic E-state index is -0.733. The van der Waals surface area contributed by atoms with Crippen LogP contribution in [0.15, 0.2) is 29.0 Å². The minimum Gasteiger partial charge on any atom is -0.481 e. The van der Waals surface area contributed by atoms with E-state index in [2.05, 4.69) is 9.88 Å². The molecule has 1 N–H and O–H groups in total. The van der Waals surface area contributed by atoms with Crippen molar-refractivity contribution >= 4 is 22.8 Å². The van der Waals surface area contributed by atoms with Crippen molar-refractivity contribution in [3.8, 4) is 0 Å². The van der Waals surface area contributed by atoms with E-state index in [9.17, 15) is 9.90 Å². The third-order valence-corrected chi connectivity index (χ3v) is 4.65. The molecule has 1 fully saturated rings. The second kappa shape index (κ2) is 5.06. The summed E-state index contributed by atoms with van der Waals surface area (Å²) < 4.78 is 5.42. The molecule has 1 aliphatic rings. The maximum atomic E-state index is 11.5. The Balaban J connectivity index is 1.90. The summed E-state index contributed by atoms with van der Waals surface area (Å²) in [6, 6.07) is 3.77. The molecule has 1 atom stereocenters. The molecule has 1 unspecified atom stereocenters. The van der Waals surface area contributed by atoms with Crippen molar-refractivity contribution in [1.29, 1.82) is 0 Å². The Labute approximate surface area is 123 Å². The largest absolute Gasteiger partial charge is 0.481 e. The highest BCUT2D eigenvalue weighted by Crippen LogP contribution is 2.36. The van der Waals surface area contributed by atoms with E-state index in [1.807, 2.05) is 26.0 Å². The highest BCUT2D eigenvalue weighted by molar-refractivity contribution is 5.88. The fraction of sp³-hybridized carbons (Fsp3) is 0.500. The SMILES string of the molecule is CC(C)(C(=O)O)C1CCCN(c2nccc3occc23)C1. The molecule has 1 aliphatic heterocycles. The molecule has 1 saturated heterocycles. The van der Waals surface area contributed by atoms with Crippen molar-refractivity contribution < 1.29 is 14.3 Å². The maximum absolute atomic E-state index is 11.5. The standard InChI is InChI=1S/C16H20N2O3/c1-16(2,15(19)20)11-4-3-8-18(10-11)14-12-6-9-21-13(12)5-7-17-14/h5-7,9,11H,3-4,8,10H2,1-2H3,(H,19,20). The second-order valence-corrected chi connectivity index (χ2v) is 6.28. The number of anilines is 1. The van der Waals surface area contributed by atoms with Gasteiger partial charge in [-0.25, -0.2) is 4.98 Å². The maximum Gasteiger partial charge on any atom is 0.309 e. The van der Waals surface area contributed by atoms with Crippen molar-refractivity contribution in [2.45, 2.75) is 26.7 Å². The van der Waals surface area contributed by atoms with Crippen molar-refractivity contribution in [3.05, 3.63) is 24.6 Å². The molecule has 5 nitrogen and oxygen atoms in total. The van der Waals surface area contributed by atoms with Crippen molar-refractivity contribution in [2.75, 3.05) is 18.0 Å². The van der Waals surface area contributed by atoms with Crippen LogP contribution in [0, 0.1) is 11.3 Å². The van der Waals surface area contributed by atoms with E-state index in [0.717, 1.165) is 42.7 Å². The normalized spacial score (nSPS) is 19.9. The summed E-state index contributed by atoms with van der Waals surface area (Å²) in [5, 5.41) is 10.4. The van der Waals surface area contributed by atoms with Gasteiger partial charge < -0.3 is 14.4 Å². The number of pyridine rings is 1. The lowest BCUT2D eigenvalue weighted by Crippen LogP contribution is -2.45. The lowest BCUT2D eigenvalue weighted by atomic mass is 9.74. The van der Waals surface area contributed by atoms with Crippen LogP contribution in [-0.2, 0) is 4.79 Å². The number of aliphatic carboxylic acids is 1. The summed E-state index contributed by atoms with van der Waals surface area (Å²) in [6.07, 6.45) is 5.33.